The number of aryl methyl sites for hydroxylation is 1. The van der Waals surface area contributed by atoms with Crippen LogP contribution in [0.3, 0.4) is 0 Å². The molecule has 9 heteroatoms. The zero-order chi connectivity index (χ0) is 18.0. The Morgan fingerprint density at radius 2 is 2.28 bits per heavy atom. The lowest BCUT2D eigenvalue weighted by molar-refractivity contribution is -0.141. The van der Waals surface area contributed by atoms with Crippen LogP contribution in [0.15, 0.2) is 32.8 Å². The molecular formula is C16H16ClN3O3S2. The van der Waals surface area contributed by atoms with Crippen LogP contribution in [0, 0.1) is 12.8 Å². The number of carboxylic acids is 1. The number of aliphatic carboxylic acids is 1. The minimum absolute atomic E-state index is 0.228. The number of carbonyl (C=O) groups is 2. The van der Waals surface area contributed by atoms with Crippen LogP contribution in [0.2, 0.25) is 5.02 Å². The molecule has 2 heterocycles. The summed E-state index contributed by atoms with van der Waals surface area (Å²) in [5.74, 6) is -1.35. The molecule has 6 nitrogen and oxygen atoms in total. The van der Waals surface area contributed by atoms with Crippen molar-refractivity contribution in [2.24, 2.45) is 5.92 Å². The number of benzene rings is 1. The lowest BCUT2D eigenvalue weighted by atomic mass is 10.1. The number of likely N-dealkylation sites (tertiary alicyclic amines) is 1. The highest BCUT2D eigenvalue weighted by atomic mass is 35.5. The van der Waals surface area contributed by atoms with Crippen LogP contribution in [0.4, 0.5) is 10.5 Å². The standard InChI is InChI=1S/C16H16ClN3O3S2/c1-9-8-24-16(18-9)25-13-3-2-11(6-12(13)17)19-15(23)20-5-4-10(7-20)14(21)22/h2-3,6,8,10H,4-5,7H2,1H3,(H,19,23)(H,21,22). The molecule has 0 radical (unpaired) electrons. The molecule has 0 spiro atoms. The number of urea groups is 1. The molecule has 0 bridgehead atoms. The van der Waals surface area contributed by atoms with E-state index >= 15 is 0 Å². The second kappa shape index (κ2) is 7.63. The molecule has 132 valence electrons. The highest BCUT2D eigenvalue weighted by Crippen LogP contribution is 2.36. The van der Waals surface area contributed by atoms with E-state index in [1.165, 1.54) is 16.7 Å². The maximum atomic E-state index is 12.2. The van der Waals surface area contributed by atoms with Gasteiger partial charge >= 0.3 is 12.0 Å². The van der Waals surface area contributed by atoms with Crippen molar-refractivity contribution in [3.63, 3.8) is 0 Å². The Labute approximate surface area is 158 Å². The lowest BCUT2D eigenvalue weighted by Crippen LogP contribution is -2.33. The molecule has 2 aromatic rings. The van der Waals surface area contributed by atoms with E-state index in [1.54, 1.807) is 23.5 Å². The van der Waals surface area contributed by atoms with Gasteiger partial charge in [0.2, 0.25) is 0 Å². The Morgan fingerprint density at radius 1 is 1.48 bits per heavy atom. The molecule has 1 aromatic heterocycles. The van der Waals surface area contributed by atoms with E-state index in [0.29, 0.717) is 23.7 Å². The maximum absolute atomic E-state index is 12.2. The average Bonchev–Trinajstić information content (AvgIpc) is 3.19. The fourth-order valence-corrected chi connectivity index (χ4v) is 4.58. The minimum Gasteiger partial charge on any atom is -0.481 e. The van der Waals surface area contributed by atoms with E-state index in [9.17, 15) is 9.59 Å². The largest absolute Gasteiger partial charge is 0.481 e. The summed E-state index contributed by atoms with van der Waals surface area (Å²) in [4.78, 5) is 30.0. The van der Waals surface area contributed by atoms with Gasteiger partial charge in [-0.3, -0.25) is 4.79 Å². The average molecular weight is 398 g/mol. The van der Waals surface area contributed by atoms with Crippen molar-refractivity contribution in [3.8, 4) is 0 Å². The molecule has 2 N–H and O–H groups in total. The summed E-state index contributed by atoms with van der Waals surface area (Å²) in [6.07, 6.45) is 0.478. The molecule has 0 saturated carbocycles. The van der Waals surface area contributed by atoms with Crippen molar-refractivity contribution >= 4 is 52.4 Å². The molecule has 3 rings (SSSR count). The first kappa shape index (κ1) is 18.0. The fraction of sp³-hybridized carbons (Fsp3) is 0.312. The van der Waals surface area contributed by atoms with Crippen LogP contribution in [0.5, 0.6) is 0 Å². The monoisotopic (exact) mass is 397 g/mol. The third kappa shape index (κ3) is 4.45. The number of hydrogen-bond donors (Lipinski definition) is 2. The Kier molecular flexibility index (Phi) is 5.51. The first-order valence-corrected chi connectivity index (χ1v) is 9.68. The molecular weight excluding hydrogens is 382 g/mol. The van der Waals surface area contributed by atoms with E-state index in [4.69, 9.17) is 16.7 Å². The lowest BCUT2D eigenvalue weighted by Gasteiger charge is -2.17. The van der Waals surface area contributed by atoms with Crippen LogP contribution in [0.1, 0.15) is 12.1 Å². The fourth-order valence-electron chi connectivity index (χ4n) is 2.48. The maximum Gasteiger partial charge on any atom is 0.321 e. The second-order valence-electron chi connectivity index (χ2n) is 5.70. The number of nitrogens with zero attached hydrogens (tertiary/aromatic N) is 2. The molecule has 1 saturated heterocycles. The summed E-state index contributed by atoms with van der Waals surface area (Å²) < 4.78 is 0.910. The minimum atomic E-state index is -0.864. The summed E-state index contributed by atoms with van der Waals surface area (Å²) >= 11 is 9.34. The summed E-state index contributed by atoms with van der Waals surface area (Å²) in [7, 11) is 0. The molecule has 0 aliphatic carbocycles. The SMILES string of the molecule is Cc1csc(Sc2ccc(NC(=O)N3CCC(C(=O)O)C3)cc2Cl)n1. The van der Waals surface area contributed by atoms with Crippen molar-refractivity contribution in [1.82, 2.24) is 9.88 Å². The van der Waals surface area contributed by atoms with Crippen molar-refractivity contribution in [1.29, 1.82) is 0 Å². The third-order valence-corrected chi connectivity index (χ3v) is 6.36. The number of hydrogen-bond acceptors (Lipinski definition) is 5. The third-order valence-electron chi connectivity index (χ3n) is 3.80. The van der Waals surface area contributed by atoms with Gasteiger partial charge in [0.15, 0.2) is 4.34 Å². The van der Waals surface area contributed by atoms with E-state index < -0.39 is 11.9 Å². The van der Waals surface area contributed by atoms with Crippen LogP contribution in [-0.4, -0.2) is 40.1 Å². The van der Waals surface area contributed by atoms with Crippen LogP contribution in [-0.2, 0) is 4.79 Å². The van der Waals surface area contributed by atoms with E-state index in [0.717, 1.165) is 14.9 Å². The van der Waals surface area contributed by atoms with Gasteiger partial charge < -0.3 is 15.3 Å². The normalized spacial score (nSPS) is 16.9. The summed E-state index contributed by atoms with van der Waals surface area (Å²) in [5, 5.41) is 14.3. The Hall–Kier alpha value is -1.77. The van der Waals surface area contributed by atoms with Gasteiger partial charge in [0, 0.05) is 34.7 Å². The van der Waals surface area contributed by atoms with Gasteiger partial charge in [0.05, 0.1) is 10.9 Å². The van der Waals surface area contributed by atoms with E-state index in [2.05, 4.69) is 10.3 Å². The molecule has 1 fully saturated rings. The van der Waals surface area contributed by atoms with Gasteiger partial charge in [0.1, 0.15) is 0 Å². The summed E-state index contributed by atoms with van der Waals surface area (Å²) in [5.41, 5.74) is 1.55. The summed E-state index contributed by atoms with van der Waals surface area (Å²) in [6.45, 7) is 2.61. The van der Waals surface area contributed by atoms with Crippen molar-refractivity contribution < 1.29 is 14.7 Å². The second-order valence-corrected chi connectivity index (χ2v) is 8.26. The number of aromatic nitrogens is 1. The topological polar surface area (TPSA) is 82.5 Å². The molecule has 25 heavy (non-hydrogen) atoms. The van der Waals surface area contributed by atoms with Gasteiger partial charge in [-0.1, -0.05) is 23.4 Å². The molecule has 1 aliphatic heterocycles. The molecule has 2 amide bonds. The van der Waals surface area contributed by atoms with Crippen molar-refractivity contribution in [2.45, 2.75) is 22.6 Å². The van der Waals surface area contributed by atoms with Crippen LogP contribution < -0.4 is 5.32 Å². The number of carbonyl (C=O) groups excluding carboxylic acids is 1. The van der Waals surface area contributed by atoms with Gasteiger partial charge in [-0.15, -0.1) is 11.3 Å². The van der Waals surface area contributed by atoms with Gasteiger partial charge in [-0.2, -0.15) is 0 Å². The van der Waals surface area contributed by atoms with Crippen LogP contribution in [0.25, 0.3) is 0 Å². The number of nitrogens with one attached hydrogen (secondary N) is 1. The number of rotatable bonds is 4. The van der Waals surface area contributed by atoms with Crippen molar-refractivity contribution in [3.05, 3.63) is 34.3 Å². The number of thiazole rings is 1. The van der Waals surface area contributed by atoms with Gasteiger partial charge in [-0.25, -0.2) is 9.78 Å². The summed E-state index contributed by atoms with van der Waals surface area (Å²) in [6, 6.07) is 4.99. The number of amides is 2. The quantitative estimate of drug-likeness (QED) is 0.808. The van der Waals surface area contributed by atoms with Gasteiger partial charge in [-0.05, 0) is 31.5 Å². The predicted molar refractivity (Wildman–Crippen MR) is 98.8 cm³/mol. The zero-order valence-corrected chi connectivity index (χ0v) is 15.7. The van der Waals surface area contributed by atoms with E-state index in [1.807, 2.05) is 18.4 Å². The molecule has 1 unspecified atom stereocenters. The first-order valence-electron chi connectivity index (χ1n) is 7.60. The highest BCUT2D eigenvalue weighted by molar-refractivity contribution is 8.01. The smallest absolute Gasteiger partial charge is 0.321 e. The molecule has 1 aromatic carbocycles. The number of anilines is 1. The van der Waals surface area contributed by atoms with Gasteiger partial charge in [0.25, 0.3) is 0 Å². The number of halogens is 1. The molecule has 1 aliphatic rings. The zero-order valence-electron chi connectivity index (χ0n) is 13.4. The van der Waals surface area contributed by atoms with Crippen LogP contribution >= 0.6 is 34.7 Å². The highest BCUT2D eigenvalue weighted by Gasteiger charge is 2.30. The van der Waals surface area contributed by atoms with Crippen molar-refractivity contribution in [2.75, 3.05) is 18.4 Å². The van der Waals surface area contributed by atoms with E-state index in [-0.39, 0.29) is 12.6 Å². The molecule has 1 atom stereocenters. The Morgan fingerprint density at radius 3 is 2.88 bits per heavy atom. The Bertz CT molecular complexity index is 812. The Balaban J connectivity index is 1.63. The first-order chi connectivity index (χ1) is 11.9. The number of carboxylic acid groups (broad SMARTS) is 1. The predicted octanol–water partition coefficient (Wildman–Crippen LogP) is 4.19.